The number of benzene rings is 1. The van der Waals surface area contributed by atoms with E-state index >= 15 is 0 Å². The molecule has 22 heavy (non-hydrogen) atoms. The molecule has 3 heteroatoms. The summed E-state index contributed by atoms with van der Waals surface area (Å²) < 4.78 is 0. The minimum atomic E-state index is -0.169. The van der Waals surface area contributed by atoms with Gasteiger partial charge in [-0.2, -0.15) is 0 Å². The quantitative estimate of drug-likeness (QED) is 0.811. The molecule has 122 valence electrons. The van der Waals surface area contributed by atoms with E-state index in [9.17, 15) is 4.79 Å². The van der Waals surface area contributed by atoms with Crippen LogP contribution in [0.4, 0.5) is 0 Å². The van der Waals surface area contributed by atoms with Gasteiger partial charge < -0.3 is 10.6 Å². The molecule has 0 spiro atoms. The molecular formula is C19H30N2O. The first-order valence-electron chi connectivity index (χ1n) is 8.32. The molecule has 1 atom stereocenters. The summed E-state index contributed by atoms with van der Waals surface area (Å²) >= 11 is 0. The Morgan fingerprint density at radius 2 is 2.05 bits per heavy atom. The van der Waals surface area contributed by atoms with Gasteiger partial charge in [-0.3, -0.25) is 4.79 Å². The van der Waals surface area contributed by atoms with Crippen molar-refractivity contribution in [1.82, 2.24) is 10.6 Å². The average Bonchev–Trinajstić information content (AvgIpc) is 3.05. The molecule has 1 aliphatic rings. The number of amides is 1. The largest absolute Gasteiger partial charge is 0.351 e. The Morgan fingerprint density at radius 1 is 1.36 bits per heavy atom. The fourth-order valence-corrected chi connectivity index (χ4v) is 3.60. The van der Waals surface area contributed by atoms with Gasteiger partial charge in [0.15, 0.2) is 0 Å². The van der Waals surface area contributed by atoms with Gasteiger partial charge in [0, 0.05) is 24.0 Å². The first-order chi connectivity index (χ1) is 10.2. The van der Waals surface area contributed by atoms with Crippen molar-refractivity contribution in [2.75, 3.05) is 0 Å². The van der Waals surface area contributed by atoms with Gasteiger partial charge in [0.2, 0.25) is 5.91 Å². The predicted octanol–water partition coefficient (Wildman–Crippen LogP) is 3.35. The summed E-state index contributed by atoms with van der Waals surface area (Å²) in [5.41, 5.74) is 2.84. The molecule has 1 fully saturated rings. The molecule has 0 saturated heterocycles. The van der Waals surface area contributed by atoms with Gasteiger partial charge in [-0.15, -0.1) is 0 Å². The molecule has 1 aliphatic carbocycles. The summed E-state index contributed by atoms with van der Waals surface area (Å²) in [4.78, 5) is 11.3. The Morgan fingerprint density at radius 3 is 2.59 bits per heavy atom. The molecule has 0 aromatic heterocycles. The lowest BCUT2D eigenvalue weighted by molar-refractivity contribution is -0.120. The highest BCUT2D eigenvalue weighted by Crippen LogP contribution is 2.39. The number of hydrogen-bond donors (Lipinski definition) is 2. The molecule has 3 nitrogen and oxygen atoms in total. The average molecular weight is 302 g/mol. The summed E-state index contributed by atoms with van der Waals surface area (Å²) in [5.74, 6) is 0.0399. The van der Waals surface area contributed by atoms with Gasteiger partial charge >= 0.3 is 0 Å². The van der Waals surface area contributed by atoms with E-state index in [-0.39, 0.29) is 17.0 Å². The molecule has 0 radical (unpaired) electrons. The van der Waals surface area contributed by atoms with Gasteiger partial charge in [0.25, 0.3) is 0 Å². The zero-order valence-electron chi connectivity index (χ0n) is 14.6. The molecular weight excluding hydrogens is 272 g/mol. The van der Waals surface area contributed by atoms with Crippen LogP contribution in [0.5, 0.6) is 0 Å². The first kappa shape index (κ1) is 17.0. The lowest BCUT2D eigenvalue weighted by Gasteiger charge is -2.32. The molecule has 1 saturated carbocycles. The lowest BCUT2D eigenvalue weighted by atomic mass is 9.94. The topological polar surface area (TPSA) is 41.1 Å². The van der Waals surface area contributed by atoms with E-state index in [4.69, 9.17) is 0 Å². The van der Waals surface area contributed by atoms with Crippen LogP contribution >= 0.6 is 0 Å². The molecule has 2 N–H and O–H groups in total. The maximum atomic E-state index is 11.3. The van der Waals surface area contributed by atoms with Crippen molar-refractivity contribution < 1.29 is 4.79 Å². The van der Waals surface area contributed by atoms with Crippen molar-refractivity contribution in [3.63, 3.8) is 0 Å². The van der Waals surface area contributed by atoms with Crippen molar-refractivity contribution in [3.8, 4) is 0 Å². The zero-order valence-corrected chi connectivity index (χ0v) is 14.6. The van der Waals surface area contributed by atoms with E-state index in [0.29, 0.717) is 6.04 Å². The van der Waals surface area contributed by atoms with Crippen LogP contribution in [0.15, 0.2) is 24.3 Å². The van der Waals surface area contributed by atoms with Crippen LogP contribution in [-0.2, 0) is 11.2 Å². The zero-order chi connectivity index (χ0) is 16.4. The highest BCUT2D eigenvalue weighted by Gasteiger charge is 2.43. The van der Waals surface area contributed by atoms with Gasteiger partial charge in [-0.05, 0) is 58.9 Å². The number of hydrogen-bond acceptors (Lipinski definition) is 2. The van der Waals surface area contributed by atoms with E-state index in [1.807, 2.05) is 0 Å². The third kappa shape index (κ3) is 5.13. The van der Waals surface area contributed by atoms with E-state index in [1.165, 1.54) is 24.0 Å². The van der Waals surface area contributed by atoms with Gasteiger partial charge in [-0.1, -0.05) is 29.8 Å². The molecule has 0 heterocycles. The summed E-state index contributed by atoms with van der Waals surface area (Å²) in [6, 6.07) is 9.18. The summed E-state index contributed by atoms with van der Waals surface area (Å²) in [7, 11) is 0. The maximum Gasteiger partial charge on any atom is 0.217 e. The molecule has 2 rings (SSSR count). The Hall–Kier alpha value is -1.35. The van der Waals surface area contributed by atoms with Gasteiger partial charge in [0.05, 0.1) is 0 Å². The third-order valence-electron chi connectivity index (χ3n) is 4.36. The molecule has 1 amide bonds. The molecule has 1 unspecified atom stereocenters. The first-order valence-corrected chi connectivity index (χ1v) is 8.32. The minimum absolute atomic E-state index is 0.0399. The lowest BCUT2D eigenvalue weighted by Crippen LogP contribution is -2.49. The van der Waals surface area contributed by atoms with Crippen LogP contribution in [-0.4, -0.2) is 23.0 Å². The second-order valence-corrected chi connectivity index (χ2v) is 7.76. The number of rotatable bonds is 7. The fourth-order valence-electron chi connectivity index (χ4n) is 3.60. The van der Waals surface area contributed by atoms with Crippen LogP contribution in [0.1, 0.15) is 58.1 Å². The van der Waals surface area contributed by atoms with Gasteiger partial charge in [0.1, 0.15) is 0 Å². The summed E-state index contributed by atoms with van der Waals surface area (Å²) in [6.07, 6.45) is 4.51. The van der Waals surface area contributed by atoms with Crippen molar-refractivity contribution in [2.45, 2.75) is 77.4 Å². The Bertz CT molecular complexity index is 532. The normalized spacial score (nSPS) is 17.9. The smallest absolute Gasteiger partial charge is 0.217 e. The van der Waals surface area contributed by atoms with Crippen molar-refractivity contribution in [2.24, 2.45) is 0 Å². The highest BCUT2D eigenvalue weighted by molar-refractivity contribution is 5.73. The number of nitrogens with one attached hydrogen (secondary N) is 2. The van der Waals surface area contributed by atoms with Crippen molar-refractivity contribution in [1.29, 1.82) is 0 Å². The van der Waals surface area contributed by atoms with E-state index < -0.39 is 0 Å². The van der Waals surface area contributed by atoms with E-state index in [2.05, 4.69) is 62.6 Å². The Balaban J connectivity index is 1.90. The second-order valence-electron chi connectivity index (χ2n) is 7.76. The van der Waals surface area contributed by atoms with Crippen molar-refractivity contribution >= 4 is 5.91 Å². The van der Waals surface area contributed by atoms with Crippen LogP contribution in [0, 0.1) is 6.92 Å². The SMILES string of the molecule is CC(=O)NC(C)(C)CC(C)NC1(Cc2cccc(C)c2)CC1. The second kappa shape index (κ2) is 6.41. The summed E-state index contributed by atoms with van der Waals surface area (Å²) in [5, 5.41) is 6.85. The number of carbonyl (C=O) groups is 1. The predicted molar refractivity (Wildman–Crippen MR) is 92.0 cm³/mol. The van der Waals surface area contributed by atoms with Crippen LogP contribution in [0.2, 0.25) is 0 Å². The third-order valence-corrected chi connectivity index (χ3v) is 4.36. The number of aryl methyl sites for hydroxylation is 1. The van der Waals surface area contributed by atoms with Crippen LogP contribution in [0.3, 0.4) is 0 Å². The van der Waals surface area contributed by atoms with E-state index in [1.54, 1.807) is 6.92 Å². The standard InChI is InChI=1S/C19H30N2O/c1-14-7-6-8-17(11-14)13-19(9-10-19)20-15(2)12-18(4,5)21-16(3)22/h6-8,11,15,20H,9-10,12-13H2,1-5H3,(H,21,22). The number of carbonyl (C=O) groups excluding carboxylic acids is 1. The Labute approximate surface area is 134 Å². The molecule has 1 aromatic carbocycles. The molecule has 1 aromatic rings. The maximum absolute atomic E-state index is 11.3. The fraction of sp³-hybridized carbons (Fsp3) is 0.632. The summed E-state index contributed by atoms with van der Waals surface area (Å²) in [6.45, 7) is 10.1. The Kier molecular flexibility index (Phi) is 4.96. The van der Waals surface area contributed by atoms with Crippen LogP contribution in [0.25, 0.3) is 0 Å². The van der Waals surface area contributed by atoms with Crippen molar-refractivity contribution in [3.05, 3.63) is 35.4 Å². The minimum Gasteiger partial charge on any atom is -0.351 e. The van der Waals surface area contributed by atoms with Gasteiger partial charge in [-0.25, -0.2) is 0 Å². The van der Waals surface area contributed by atoms with Crippen LogP contribution < -0.4 is 10.6 Å². The molecule has 0 bridgehead atoms. The highest BCUT2D eigenvalue weighted by atomic mass is 16.1. The molecule has 0 aliphatic heterocycles. The monoisotopic (exact) mass is 302 g/mol. The van der Waals surface area contributed by atoms with E-state index in [0.717, 1.165) is 12.8 Å².